The molecule has 0 atom stereocenters. The Morgan fingerprint density at radius 2 is 1.78 bits per heavy atom. The van der Waals surface area contributed by atoms with Crippen LogP contribution in [0.15, 0.2) is 35.1 Å². The number of amides is 1. The molecule has 1 aromatic heterocycles. The molecule has 0 spiro atoms. The second kappa shape index (κ2) is 8.52. The molecule has 146 valence electrons. The normalized spacial score (nSPS) is 15.8. The van der Waals surface area contributed by atoms with E-state index in [1.54, 1.807) is 11.6 Å². The summed E-state index contributed by atoms with van der Waals surface area (Å²) in [4.78, 5) is 29.0. The zero-order valence-electron chi connectivity index (χ0n) is 16.5. The van der Waals surface area contributed by atoms with Gasteiger partial charge in [0.1, 0.15) is 5.82 Å². The van der Waals surface area contributed by atoms with Crippen LogP contribution in [0.2, 0.25) is 0 Å². The molecule has 1 saturated heterocycles. The van der Waals surface area contributed by atoms with Crippen LogP contribution in [0.1, 0.15) is 38.4 Å². The van der Waals surface area contributed by atoms with Crippen molar-refractivity contribution in [1.82, 2.24) is 24.1 Å². The average molecular weight is 371 g/mol. The molecule has 0 radical (unpaired) electrons. The average Bonchev–Trinajstić information content (AvgIpc) is 2.99. The van der Waals surface area contributed by atoms with Crippen LogP contribution >= 0.6 is 0 Å². The third kappa shape index (κ3) is 4.13. The van der Waals surface area contributed by atoms with Crippen LogP contribution in [-0.4, -0.2) is 62.8 Å². The van der Waals surface area contributed by atoms with Gasteiger partial charge in [0, 0.05) is 26.1 Å². The minimum absolute atomic E-state index is 0.115. The van der Waals surface area contributed by atoms with E-state index in [1.807, 2.05) is 49.1 Å². The lowest BCUT2D eigenvalue weighted by molar-refractivity contribution is -0.132. The fourth-order valence-corrected chi connectivity index (χ4v) is 3.78. The van der Waals surface area contributed by atoms with E-state index in [0.29, 0.717) is 6.54 Å². The number of carbonyl (C=O) groups excluding carboxylic acids is 1. The van der Waals surface area contributed by atoms with Crippen molar-refractivity contribution in [3.05, 3.63) is 46.6 Å². The zero-order valence-corrected chi connectivity index (χ0v) is 16.5. The fraction of sp³-hybridized carbons (Fsp3) is 0.550. The maximum atomic E-state index is 12.6. The second-order valence-corrected chi connectivity index (χ2v) is 7.05. The number of benzene rings is 1. The molecule has 0 saturated carbocycles. The number of likely N-dealkylation sites (tertiary alicyclic amines) is 1. The topological polar surface area (TPSA) is 63.4 Å². The minimum Gasteiger partial charge on any atom is -0.342 e. The molecule has 1 aromatic carbocycles. The summed E-state index contributed by atoms with van der Waals surface area (Å²) in [6.07, 6.45) is 1.80. The molecule has 2 heterocycles. The van der Waals surface area contributed by atoms with Crippen molar-refractivity contribution in [3.8, 4) is 5.69 Å². The zero-order chi connectivity index (χ0) is 19.4. The van der Waals surface area contributed by atoms with Crippen LogP contribution in [0.3, 0.4) is 0 Å². The van der Waals surface area contributed by atoms with Crippen LogP contribution in [0.25, 0.3) is 5.69 Å². The highest BCUT2D eigenvalue weighted by Crippen LogP contribution is 2.27. The Balaban J connectivity index is 1.71. The number of carbonyl (C=O) groups is 1. The number of hydrogen-bond acceptors (Lipinski definition) is 4. The lowest BCUT2D eigenvalue weighted by atomic mass is 9.95. The van der Waals surface area contributed by atoms with Crippen LogP contribution in [0.5, 0.6) is 0 Å². The summed E-state index contributed by atoms with van der Waals surface area (Å²) in [5.41, 5.74) is 0.736. The summed E-state index contributed by atoms with van der Waals surface area (Å²) in [6, 6.07) is 9.67. The van der Waals surface area contributed by atoms with Gasteiger partial charge >= 0.3 is 5.69 Å². The van der Waals surface area contributed by atoms with Crippen LogP contribution in [0.4, 0.5) is 0 Å². The molecule has 0 bridgehead atoms. The van der Waals surface area contributed by atoms with Crippen molar-refractivity contribution < 1.29 is 4.79 Å². The molecule has 0 unspecified atom stereocenters. The van der Waals surface area contributed by atoms with Gasteiger partial charge in [0.05, 0.1) is 12.2 Å². The quantitative estimate of drug-likeness (QED) is 0.774. The number of para-hydroxylation sites is 1. The van der Waals surface area contributed by atoms with Gasteiger partial charge in [0.25, 0.3) is 0 Å². The van der Waals surface area contributed by atoms with E-state index in [2.05, 4.69) is 10.00 Å². The number of rotatable bonds is 6. The molecule has 27 heavy (non-hydrogen) atoms. The van der Waals surface area contributed by atoms with Gasteiger partial charge in [-0.05, 0) is 51.9 Å². The highest BCUT2D eigenvalue weighted by molar-refractivity contribution is 5.78. The highest BCUT2D eigenvalue weighted by atomic mass is 16.2. The third-order valence-corrected chi connectivity index (χ3v) is 5.39. The maximum absolute atomic E-state index is 12.6. The molecule has 1 fully saturated rings. The van der Waals surface area contributed by atoms with Crippen LogP contribution in [-0.2, 0) is 11.8 Å². The van der Waals surface area contributed by atoms with Crippen molar-refractivity contribution in [1.29, 1.82) is 0 Å². The minimum atomic E-state index is -0.115. The summed E-state index contributed by atoms with van der Waals surface area (Å²) in [6.45, 7) is 7.69. The molecular weight excluding hydrogens is 342 g/mol. The van der Waals surface area contributed by atoms with Gasteiger partial charge in [0.15, 0.2) is 0 Å². The van der Waals surface area contributed by atoms with E-state index in [0.717, 1.165) is 50.5 Å². The van der Waals surface area contributed by atoms with Gasteiger partial charge in [-0.1, -0.05) is 18.2 Å². The number of piperidine rings is 1. The summed E-state index contributed by atoms with van der Waals surface area (Å²) >= 11 is 0. The van der Waals surface area contributed by atoms with Gasteiger partial charge < -0.3 is 4.90 Å². The monoisotopic (exact) mass is 371 g/mol. The molecule has 0 aliphatic carbocycles. The number of hydrogen-bond donors (Lipinski definition) is 0. The van der Waals surface area contributed by atoms with Gasteiger partial charge in [-0.2, -0.15) is 5.10 Å². The van der Waals surface area contributed by atoms with Gasteiger partial charge in [0.2, 0.25) is 5.91 Å². The van der Waals surface area contributed by atoms with E-state index in [1.165, 1.54) is 4.68 Å². The van der Waals surface area contributed by atoms with Crippen LogP contribution in [0, 0.1) is 0 Å². The lowest BCUT2D eigenvalue weighted by Gasteiger charge is -2.32. The Hall–Kier alpha value is -2.41. The van der Waals surface area contributed by atoms with Crippen LogP contribution < -0.4 is 5.69 Å². The first-order chi connectivity index (χ1) is 13.0. The molecule has 1 aliphatic heterocycles. The first kappa shape index (κ1) is 19.4. The molecule has 0 N–H and O–H groups in total. The third-order valence-electron chi connectivity index (χ3n) is 5.39. The predicted molar refractivity (Wildman–Crippen MR) is 105 cm³/mol. The molecule has 1 amide bonds. The summed E-state index contributed by atoms with van der Waals surface area (Å²) < 4.78 is 3.14. The molecular formula is C20H29N5O2. The number of nitrogens with zero attached hydrogens (tertiary/aromatic N) is 5. The smallest absolute Gasteiger partial charge is 0.342 e. The largest absolute Gasteiger partial charge is 0.350 e. The summed E-state index contributed by atoms with van der Waals surface area (Å²) in [5.74, 6) is 1.24. The van der Waals surface area contributed by atoms with Crippen molar-refractivity contribution >= 4 is 5.91 Å². The molecule has 2 aromatic rings. The van der Waals surface area contributed by atoms with Gasteiger partial charge in [-0.15, -0.1) is 0 Å². The summed E-state index contributed by atoms with van der Waals surface area (Å²) in [5, 5.41) is 4.52. The standard InChI is InChI=1S/C20H29N5O2/c1-4-24(5-2)18(26)15-23-13-11-16(12-14-23)19-21-22(3)20(27)25(19)17-9-7-6-8-10-17/h6-10,16H,4-5,11-15H2,1-3H3. The Bertz CT molecular complexity index is 815. The Labute approximate surface area is 160 Å². The molecule has 3 rings (SSSR count). The Kier molecular flexibility index (Phi) is 6.11. The van der Waals surface area contributed by atoms with Crippen molar-refractivity contribution in [2.75, 3.05) is 32.7 Å². The Morgan fingerprint density at radius 1 is 1.15 bits per heavy atom. The first-order valence-corrected chi connectivity index (χ1v) is 9.76. The fourth-order valence-electron chi connectivity index (χ4n) is 3.78. The number of aryl methyl sites for hydroxylation is 1. The summed E-state index contributed by atoms with van der Waals surface area (Å²) in [7, 11) is 1.70. The predicted octanol–water partition coefficient (Wildman–Crippen LogP) is 1.62. The van der Waals surface area contributed by atoms with E-state index >= 15 is 0 Å². The SMILES string of the molecule is CCN(CC)C(=O)CN1CCC(c2nn(C)c(=O)n2-c2ccccc2)CC1. The first-order valence-electron chi connectivity index (χ1n) is 9.76. The lowest BCUT2D eigenvalue weighted by Crippen LogP contribution is -2.43. The van der Waals surface area contributed by atoms with Gasteiger partial charge in [-0.25, -0.2) is 14.0 Å². The highest BCUT2D eigenvalue weighted by Gasteiger charge is 2.28. The maximum Gasteiger partial charge on any atom is 0.350 e. The van der Waals surface area contributed by atoms with E-state index in [4.69, 9.17) is 0 Å². The molecule has 7 nitrogen and oxygen atoms in total. The van der Waals surface area contributed by atoms with Crippen molar-refractivity contribution in [2.45, 2.75) is 32.6 Å². The number of likely N-dealkylation sites (N-methyl/N-ethyl adjacent to an activating group) is 1. The van der Waals surface area contributed by atoms with Crippen molar-refractivity contribution in [2.24, 2.45) is 7.05 Å². The van der Waals surface area contributed by atoms with E-state index in [-0.39, 0.29) is 17.5 Å². The van der Waals surface area contributed by atoms with Gasteiger partial charge in [-0.3, -0.25) is 9.69 Å². The van der Waals surface area contributed by atoms with E-state index < -0.39 is 0 Å². The van der Waals surface area contributed by atoms with E-state index in [9.17, 15) is 9.59 Å². The molecule has 1 aliphatic rings. The number of aromatic nitrogens is 3. The Morgan fingerprint density at radius 3 is 2.37 bits per heavy atom. The van der Waals surface area contributed by atoms with Crippen molar-refractivity contribution in [3.63, 3.8) is 0 Å². The molecule has 7 heteroatoms. The second-order valence-electron chi connectivity index (χ2n) is 7.05.